The van der Waals surface area contributed by atoms with Gasteiger partial charge in [0.1, 0.15) is 6.10 Å². The summed E-state index contributed by atoms with van der Waals surface area (Å²) in [4.78, 5) is 14.1. The fourth-order valence-corrected chi connectivity index (χ4v) is 0.854. The van der Waals surface area contributed by atoms with Gasteiger partial charge in [-0.3, -0.25) is 0 Å². The van der Waals surface area contributed by atoms with Crippen molar-refractivity contribution in [1.82, 2.24) is 0 Å². The third kappa shape index (κ3) is 5.34. The third-order valence-electron chi connectivity index (χ3n) is 1.07. The predicted octanol–water partition coefficient (Wildman–Crippen LogP) is 1.63. The van der Waals surface area contributed by atoms with Crippen LogP contribution in [0.4, 0.5) is 0 Å². The fourth-order valence-electron chi connectivity index (χ4n) is 0.854. The van der Waals surface area contributed by atoms with E-state index in [1.54, 1.807) is 6.92 Å². The third-order valence-corrected chi connectivity index (χ3v) is 1.07. The van der Waals surface area contributed by atoms with Gasteiger partial charge in [-0.2, -0.15) is 0 Å². The number of nitrogens with zero attached hydrogens (tertiary/aromatic N) is 1. The molecule has 0 aromatic rings. The van der Waals surface area contributed by atoms with Crippen LogP contribution in [0.15, 0.2) is 0 Å². The van der Waals surface area contributed by atoms with E-state index in [-0.39, 0.29) is 6.10 Å². The maximum atomic E-state index is 9.77. The van der Waals surface area contributed by atoms with Gasteiger partial charge in [0.25, 0.3) is 5.09 Å². The van der Waals surface area contributed by atoms with Crippen molar-refractivity contribution in [3.63, 3.8) is 0 Å². The normalized spacial score (nSPS) is 13.2. The Bertz CT molecular complexity index is 114. The van der Waals surface area contributed by atoms with Gasteiger partial charge in [-0.15, -0.1) is 10.1 Å². The van der Waals surface area contributed by atoms with Gasteiger partial charge in [-0.1, -0.05) is 13.8 Å². The van der Waals surface area contributed by atoms with Gasteiger partial charge < -0.3 is 4.84 Å². The SMILES string of the molecule is CC(C)C[C@@H](C)O[N+](=O)[O-]. The molecule has 60 valence electrons. The second-order valence-electron chi connectivity index (χ2n) is 2.77. The van der Waals surface area contributed by atoms with Crippen LogP contribution in [0.5, 0.6) is 0 Å². The van der Waals surface area contributed by atoms with E-state index in [9.17, 15) is 10.1 Å². The first-order chi connectivity index (χ1) is 4.52. The van der Waals surface area contributed by atoms with Gasteiger partial charge in [-0.05, 0) is 19.3 Å². The van der Waals surface area contributed by atoms with Crippen LogP contribution in [0.25, 0.3) is 0 Å². The molecule has 0 spiro atoms. The molecule has 1 atom stereocenters. The highest BCUT2D eigenvalue weighted by Crippen LogP contribution is 2.06. The van der Waals surface area contributed by atoms with Crippen LogP contribution in [-0.2, 0) is 4.84 Å². The second-order valence-corrected chi connectivity index (χ2v) is 2.77. The zero-order valence-corrected chi connectivity index (χ0v) is 6.53. The van der Waals surface area contributed by atoms with Crippen molar-refractivity contribution in [3.8, 4) is 0 Å². The summed E-state index contributed by atoms with van der Waals surface area (Å²) in [6.07, 6.45) is 0.441. The molecule has 0 aliphatic carbocycles. The zero-order chi connectivity index (χ0) is 8.15. The van der Waals surface area contributed by atoms with Crippen LogP contribution >= 0.6 is 0 Å². The summed E-state index contributed by atoms with van der Waals surface area (Å²) in [5, 5.41) is 9.03. The molecule has 0 N–H and O–H groups in total. The molecule has 4 heteroatoms. The maximum Gasteiger partial charge on any atom is 0.294 e. The molecule has 0 aliphatic heterocycles. The molecule has 0 rings (SSSR count). The van der Waals surface area contributed by atoms with Crippen molar-refractivity contribution in [2.45, 2.75) is 33.3 Å². The molecule has 0 saturated carbocycles. The zero-order valence-electron chi connectivity index (χ0n) is 6.53. The lowest BCUT2D eigenvalue weighted by molar-refractivity contribution is -0.768. The molecule has 0 fully saturated rings. The Hall–Kier alpha value is -0.800. The van der Waals surface area contributed by atoms with Crippen molar-refractivity contribution in [1.29, 1.82) is 0 Å². The van der Waals surface area contributed by atoms with E-state index in [1.165, 1.54) is 0 Å². The van der Waals surface area contributed by atoms with Gasteiger partial charge in [0.2, 0.25) is 0 Å². The average molecular weight is 147 g/mol. The lowest BCUT2D eigenvalue weighted by Crippen LogP contribution is -2.15. The maximum absolute atomic E-state index is 9.77. The summed E-state index contributed by atoms with van der Waals surface area (Å²) in [7, 11) is 0. The summed E-state index contributed by atoms with van der Waals surface area (Å²) in [6.45, 7) is 5.70. The summed E-state index contributed by atoms with van der Waals surface area (Å²) >= 11 is 0. The first-order valence-electron chi connectivity index (χ1n) is 3.33. The molecular formula is C6H13NO3. The molecule has 0 unspecified atom stereocenters. The molecule has 10 heavy (non-hydrogen) atoms. The fraction of sp³-hybridized carbons (Fsp3) is 1.00. The first-order valence-corrected chi connectivity index (χ1v) is 3.33. The minimum atomic E-state index is -0.743. The highest BCUT2D eigenvalue weighted by atomic mass is 17.0. The summed E-state index contributed by atoms with van der Waals surface area (Å²) < 4.78 is 0. The van der Waals surface area contributed by atoms with Gasteiger partial charge >= 0.3 is 0 Å². The van der Waals surface area contributed by atoms with Crippen LogP contribution in [0.1, 0.15) is 27.2 Å². The van der Waals surface area contributed by atoms with Gasteiger partial charge in [0.05, 0.1) is 0 Å². The van der Waals surface area contributed by atoms with Crippen molar-refractivity contribution in [3.05, 3.63) is 10.1 Å². The molecule has 0 aromatic heterocycles. The Labute approximate surface area is 60.3 Å². The van der Waals surface area contributed by atoms with E-state index in [4.69, 9.17) is 0 Å². The van der Waals surface area contributed by atoms with Crippen LogP contribution in [-0.4, -0.2) is 11.2 Å². The largest absolute Gasteiger partial charge is 0.311 e. The molecule has 4 nitrogen and oxygen atoms in total. The number of hydrogen-bond donors (Lipinski definition) is 0. The quantitative estimate of drug-likeness (QED) is 0.448. The van der Waals surface area contributed by atoms with Crippen molar-refractivity contribution < 1.29 is 9.92 Å². The van der Waals surface area contributed by atoms with Crippen LogP contribution in [0, 0.1) is 16.0 Å². The molecule has 0 radical (unpaired) electrons. The molecule has 0 heterocycles. The van der Waals surface area contributed by atoms with Crippen LogP contribution < -0.4 is 0 Å². The smallest absolute Gasteiger partial charge is 0.294 e. The van der Waals surface area contributed by atoms with Crippen molar-refractivity contribution >= 4 is 0 Å². The first kappa shape index (κ1) is 9.20. The monoisotopic (exact) mass is 147 g/mol. The standard InChI is InChI=1S/C6H13NO3/c1-5(2)4-6(3)10-7(8)9/h5-6H,4H2,1-3H3/t6-/m1/s1. The van der Waals surface area contributed by atoms with E-state index in [1.807, 2.05) is 13.8 Å². The Morgan fingerprint density at radius 1 is 1.50 bits per heavy atom. The van der Waals surface area contributed by atoms with E-state index in [2.05, 4.69) is 4.84 Å². The second kappa shape index (κ2) is 4.09. The van der Waals surface area contributed by atoms with E-state index < -0.39 is 5.09 Å². The molecule has 0 amide bonds. The van der Waals surface area contributed by atoms with Gasteiger partial charge in [0.15, 0.2) is 0 Å². The highest BCUT2D eigenvalue weighted by molar-refractivity contribution is 4.50. The minimum Gasteiger partial charge on any atom is -0.311 e. The summed E-state index contributed by atoms with van der Waals surface area (Å²) in [5.74, 6) is 0.440. The lowest BCUT2D eigenvalue weighted by Gasteiger charge is -2.10. The Balaban J connectivity index is 3.43. The van der Waals surface area contributed by atoms with Crippen molar-refractivity contribution in [2.75, 3.05) is 0 Å². The molecule has 0 aromatic carbocycles. The average Bonchev–Trinajstić information content (AvgIpc) is 1.58. The molecule has 0 aliphatic rings. The Morgan fingerprint density at radius 3 is 2.30 bits per heavy atom. The topological polar surface area (TPSA) is 52.4 Å². The van der Waals surface area contributed by atoms with E-state index >= 15 is 0 Å². The Morgan fingerprint density at radius 2 is 2.00 bits per heavy atom. The van der Waals surface area contributed by atoms with Gasteiger partial charge in [0, 0.05) is 0 Å². The number of rotatable bonds is 4. The minimum absolute atomic E-state index is 0.282. The summed E-state index contributed by atoms with van der Waals surface area (Å²) in [6, 6.07) is 0. The van der Waals surface area contributed by atoms with Crippen LogP contribution in [0.3, 0.4) is 0 Å². The van der Waals surface area contributed by atoms with E-state index in [0.717, 1.165) is 6.42 Å². The molecular weight excluding hydrogens is 134 g/mol. The molecule has 0 bridgehead atoms. The summed E-state index contributed by atoms with van der Waals surface area (Å²) in [5.41, 5.74) is 0. The van der Waals surface area contributed by atoms with E-state index in [0.29, 0.717) is 5.92 Å². The number of hydrogen-bond acceptors (Lipinski definition) is 3. The van der Waals surface area contributed by atoms with Crippen molar-refractivity contribution in [2.24, 2.45) is 5.92 Å². The van der Waals surface area contributed by atoms with Gasteiger partial charge in [-0.25, -0.2) is 0 Å². The highest BCUT2D eigenvalue weighted by Gasteiger charge is 2.07. The Kier molecular flexibility index (Phi) is 3.76. The van der Waals surface area contributed by atoms with Crippen LogP contribution in [0.2, 0.25) is 0 Å². The lowest BCUT2D eigenvalue weighted by atomic mass is 10.1. The predicted molar refractivity (Wildman–Crippen MR) is 37.0 cm³/mol. The molecule has 0 saturated heterocycles.